The van der Waals surface area contributed by atoms with Crippen LogP contribution in [0.5, 0.6) is 0 Å². The van der Waals surface area contributed by atoms with E-state index < -0.39 is 72.1 Å². The molecular formula is C31H37ClN6O8S. The molecule has 0 spiro atoms. The van der Waals surface area contributed by atoms with Gasteiger partial charge >= 0.3 is 11.9 Å². The summed E-state index contributed by atoms with van der Waals surface area (Å²) in [5.74, 6) is -8.41. The van der Waals surface area contributed by atoms with Gasteiger partial charge in [-0.15, -0.1) is 0 Å². The number of carbonyl (C=O) groups is 6. The molecule has 0 saturated heterocycles. The van der Waals surface area contributed by atoms with E-state index in [2.05, 4.69) is 20.9 Å². The Morgan fingerprint density at radius 1 is 0.851 bits per heavy atom. The van der Waals surface area contributed by atoms with Gasteiger partial charge in [0.05, 0.1) is 6.04 Å². The molecule has 47 heavy (non-hydrogen) atoms. The van der Waals surface area contributed by atoms with Gasteiger partial charge in [-0.05, 0) is 54.2 Å². The van der Waals surface area contributed by atoms with Crippen LogP contribution in [0.25, 0.3) is 10.9 Å². The van der Waals surface area contributed by atoms with Crippen molar-refractivity contribution in [3.8, 4) is 0 Å². The number of thioether (sulfide) groups is 1. The number of carboxylic acid groups (broad SMARTS) is 2. The second kappa shape index (κ2) is 17.4. The number of H-pyrrole nitrogens is 1. The van der Waals surface area contributed by atoms with Crippen LogP contribution in [0, 0.1) is 5.92 Å². The molecule has 0 radical (unpaired) electrons. The fourth-order valence-electron chi connectivity index (χ4n) is 4.81. The number of hydrogen-bond donors (Lipinski definition) is 8. The number of primary amides is 1. The molecule has 4 atom stereocenters. The van der Waals surface area contributed by atoms with Gasteiger partial charge in [-0.3, -0.25) is 28.8 Å². The Hall–Kier alpha value is -4.60. The van der Waals surface area contributed by atoms with Gasteiger partial charge in [0, 0.05) is 35.0 Å². The van der Waals surface area contributed by atoms with Crippen LogP contribution in [-0.4, -0.2) is 86.9 Å². The molecule has 1 heterocycles. The highest BCUT2D eigenvalue weighted by molar-refractivity contribution is 7.98. The fourth-order valence-corrected chi connectivity index (χ4v) is 5.41. The van der Waals surface area contributed by atoms with Crippen LogP contribution in [0.2, 0.25) is 5.02 Å². The number of benzene rings is 2. The van der Waals surface area contributed by atoms with Crippen LogP contribution in [0.15, 0.2) is 54.7 Å². The first kappa shape index (κ1) is 36.9. The van der Waals surface area contributed by atoms with E-state index in [4.69, 9.17) is 23.1 Å². The molecule has 4 amide bonds. The number of aromatic nitrogens is 1. The molecular weight excluding hydrogens is 652 g/mol. The Balaban J connectivity index is 1.80. The van der Waals surface area contributed by atoms with E-state index in [1.807, 2.05) is 30.5 Å². The number of amides is 4. The van der Waals surface area contributed by atoms with E-state index in [1.54, 1.807) is 30.5 Å². The third-order valence-electron chi connectivity index (χ3n) is 7.41. The Bertz CT molecular complexity index is 1590. The predicted molar refractivity (Wildman–Crippen MR) is 176 cm³/mol. The Morgan fingerprint density at radius 3 is 2.06 bits per heavy atom. The number of aliphatic carboxylic acids is 2. The van der Waals surface area contributed by atoms with Gasteiger partial charge in [-0.1, -0.05) is 41.9 Å². The summed E-state index contributed by atoms with van der Waals surface area (Å²) in [6, 6.07) is 8.77. The van der Waals surface area contributed by atoms with Crippen molar-refractivity contribution in [3.05, 3.63) is 70.9 Å². The van der Waals surface area contributed by atoms with Crippen molar-refractivity contribution in [1.82, 2.24) is 20.9 Å². The number of fused-ring (bicyclic) bond motifs is 1. The zero-order valence-electron chi connectivity index (χ0n) is 25.4. The third-order valence-corrected chi connectivity index (χ3v) is 8.30. The fraction of sp³-hybridized carbons (Fsp3) is 0.355. The predicted octanol–water partition coefficient (Wildman–Crippen LogP) is 0.802. The Morgan fingerprint density at radius 2 is 1.45 bits per heavy atom. The SMILES string of the molecule is CSCC[C@@H](NC(=O)[C@H](N)Cc1c[nH]c2ccccc12)C(=O)N[C@@H](Cc1ccc(Cl)cc1)C(=O)N[C@@H](CC(C(=O)O)C(=O)O)C(N)=O. The van der Waals surface area contributed by atoms with E-state index in [1.165, 1.54) is 11.8 Å². The van der Waals surface area contributed by atoms with Crippen LogP contribution >= 0.6 is 23.4 Å². The van der Waals surface area contributed by atoms with E-state index in [9.17, 15) is 39.0 Å². The van der Waals surface area contributed by atoms with Gasteiger partial charge in [0.25, 0.3) is 0 Å². The van der Waals surface area contributed by atoms with Crippen molar-refractivity contribution < 1.29 is 39.0 Å². The quantitative estimate of drug-likeness (QED) is 0.0873. The second-order valence-electron chi connectivity index (χ2n) is 10.8. The monoisotopic (exact) mass is 688 g/mol. The summed E-state index contributed by atoms with van der Waals surface area (Å²) < 4.78 is 0. The van der Waals surface area contributed by atoms with Gasteiger partial charge in [-0.2, -0.15) is 11.8 Å². The number of rotatable bonds is 18. The molecule has 1 aromatic heterocycles. The lowest BCUT2D eigenvalue weighted by Gasteiger charge is -2.26. The molecule has 14 nitrogen and oxygen atoms in total. The summed E-state index contributed by atoms with van der Waals surface area (Å²) >= 11 is 7.42. The normalized spacial score (nSPS) is 13.7. The van der Waals surface area contributed by atoms with Crippen molar-refractivity contribution >= 4 is 69.8 Å². The summed E-state index contributed by atoms with van der Waals surface area (Å²) in [5.41, 5.74) is 13.9. The molecule has 16 heteroatoms. The maximum atomic E-state index is 13.6. The largest absolute Gasteiger partial charge is 0.481 e. The number of carbonyl (C=O) groups excluding carboxylic acids is 4. The third kappa shape index (κ3) is 10.7. The van der Waals surface area contributed by atoms with Crippen LogP contribution < -0.4 is 27.4 Å². The van der Waals surface area contributed by atoms with Crippen molar-refractivity contribution in [2.24, 2.45) is 17.4 Å². The molecule has 0 aliphatic heterocycles. The number of halogens is 1. The molecule has 3 aromatic rings. The lowest BCUT2D eigenvalue weighted by molar-refractivity contribution is -0.155. The smallest absolute Gasteiger partial charge is 0.317 e. The van der Waals surface area contributed by atoms with Crippen LogP contribution in [0.3, 0.4) is 0 Å². The molecule has 0 aliphatic rings. The van der Waals surface area contributed by atoms with Gasteiger partial charge in [0.2, 0.25) is 23.6 Å². The van der Waals surface area contributed by atoms with E-state index >= 15 is 0 Å². The van der Waals surface area contributed by atoms with Crippen molar-refractivity contribution in [3.63, 3.8) is 0 Å². The molecule has 0 aliphatic carbocycles. The zero-order chi connectivity index (χ0) is 34.7. The van der Waals surface area contributed by atoms with Gasteiger partial charge in [0.15, 0.2) is 5.92 Å². The average Bonchev–Trinajstić information content (AvgIpc) is 3.43. The van der Waals surface area contributed by atoms with Gasteiger partial charge in [0.1, 0.15) is 18.1 Å². The van der Waals surface area contributed by atoms with E-state index in [0.29, 0.717) is 16.3 Å². The van der Waals surface area contributed by atoms with Crippen molar-refractivity contribution in [2.75, 3.05) is 12.0 Å². The number of nitrogens with two attached hydrogens (primary N) is 2. The lowest BCUT2D eigenvalue weighted by Crippen LogP contribution is -2.58. The zero-order valence-corrected chi connectivity index (χ0v) is 27.0. The lowest BCUT2D eigenvalue weighted by atomic mass is 9.98. The standard InChI is InChI=1S/C31H37ClN6O8S/c1-47-11-10-23(36-27(40)21(33)13-17-15-35-22-5-3-2-4-19(17)22)28(41)38-25(12-16-6-8-18(32)9-7-16)29(42)37-24(26(34)39)14-20(30(43)44)31(45)46/h2-9,15,20-21,23-25,35H,10-14,33H2,1H3,(H2,34,39)(H,36,40)(H,37,42)(H,38,41)(H,43,44)(H,45,46)/t21-,23-,24+,25+/m1/s1. The Kier molecular flexibility index (Phi) is 13.6. The van der Waals surface area contributed by atoms with Crippen LogP contribution in [0.4, 0.5) is 0 Å². The molecule has 10 N–H and O–H groups in total. The number of carboxylic acids is 2. The van der Waals surface area contributed by atoms with Crippen molar-refractivity contribution in [1.29, 1.82) is 0 Å². The highest BCUT2D eigenvalue weighted by Crippen LogP contribution is 2.19. The van der Waals surface area contributed by atoms with Crippen LogP contribution in [-0.2, 0) is 41.6 Å². The highest BCUT2D eigenvalue weighted by Gasteiger charge is 2.35. The van der Waals surface area contributed by atoms with E-state index in [0.717, 1.165) is 16.5 Å². The number of nitrogens with one attached hydrogen (secondary N) is 4. The Labute approximate surface area is 279 Å². The first-order valence-electron chi connectivity index (χ1n) is 14.5. The number of aromatic amines is 1. The summed E-state index contributed by atoms with van der Waals surface area (Å²) in [6.07, 6.45) is 3.04. The first-order chi connectivity index (χ1) is 22.3. The minimum atomic E-state index is -2.03. The topological polar surface area (TPSA) is 247 Å². The van der Waals surface area contributed by atoms with Gasteiger partial charge in [-0.25, -0.2) is 0 Å². The molecule has 3 rings (SSSR count). The molecule has 0 fully saturated rings. The minimum absolute atomic E-state index is 0.106. The molecule has 0 saturated carbocycles. The molecule has 0 unspecified atom stereocenters. The highest BCUT2D eigenvalue weighted by atomic mass is 35.5. The number of hydrogen-bond acceptors (Lipinski definition) is 8. The van der Waals surface area contributed by atoms with Crippen molar-refractivity contribution in [2.45, 2.75) is 49.9 Å². The summed E-state index contributed by atoms with van der Waals surface area (Å²) in [7, 11) is 0. The molecule has 2 aromatic carbocycles. The molecule has 0 bridgehead atoms. The maximum Gasteiger partial charge on any atom is 0.317 e. The van der Waals surface area contributed by atoms with E-state index in [-0.39, 0.29) is 19.3 Å². The molecule has 252 valence electrons. The second-order valence-corrected chi connectivity index (χ2v) is 12.3. The number of para-hydroxylation sites is 1. The maximum absolute atomic E-state index is 13.6. The minimum Gasteiger partial charge on any atom is -0.481 e. The van der Waals surface area contributed by atoms with Crippen LogP contribution in [0.1, 0.15) is 24.0 Å². The average molecular weight is 689 g/mol. The summed E-state index contributed by atoms with van der Waals surface area (Å²) in [6.45, 7) is 0. The first-order valence-corrected chi connectivity index (χ1v) is 16.3. The van der Waals surface area contributed by atoms with Gasteiger partial charge < -0.3 is 42.6 Å². The summed E-state index contributed by atoms with van der Waals surface area (Å²) in [5, 5.41) is 27.4. The summed E-state index contributed by atoms with van der Waals surface area (Å²) in [4.78, 5) is 78.3.